The standard InChI is InChI=1S/C14H16F2N2O2/c1-4-10-14(20)18(8(3)13(19)17-10)12-9(15)6-5-7(2)11(12)16/h5-6,8,10H,4H2,1-3H3,(H,17,19). The first-order valence-corrected chi connectivity index (χ1v) is 6.46. The zero-order valence-electron chi connectivity index (χ0n) is 11.5. The minimum absolute atomic E-state index is 0.223. The van der Waals surface area contributed by atoms with Gasteiger partial charge in [-0.15, -0.1) is 0 Å². The molecule has 0 aliphatic carbocycles. The number of hydrogen-bond donors (Lipinski definition) is 1. The van der Waals surface area contributed by atoms with Crippen molar-refractivity contribution in [3.8, 4) is 0 Å². The summed E-state index contributed by atoms with van der Waals surface area (Å²) >= 11 is 0. The Morgan fingerprint density at radius 3 is 2.55 bits per heavy atom. The number of carbonyl (C=O) groups excluding carboxylic acids is 2. The second-order valence-electron chi connectivity index (χ2n) is 4.88. The number of rotatable bonds is 2. The maximum Gasteiger partial charge on any atom is 0.250 e. The zero-order chi connectivity index (χ0) is 15.0. The van der Waals surface area contributed by atoms with Crippen molar-refractivity contribution in [2.75, 3.05) is 4.90 Å². The minimum Gasteiger partial charge on any atom is -0.343 e. The van der Waals surface area contributed by atoms with Crippen LogP contribution in [0.1, 0.15) is 25.8 Å². The lowest BCUT2D eigenvalue weighted by molar-refractivity contribution is -0.133. The fourth-order valence-corrected chi connectivity index (χ4v) is 2.27. The molecule has 0 spiro atoms. The van der Waals surface area contributed by atoms with Gasteiger partial charge in [-0.2, -0.15) is 0 Å². The SMILES string of the molecule is CCC1NC(=O)C(C)N(c2c(F)ccc(C)c2F)C1=O. The summed E-state index contributed by atoms with van der Waals surface area (Å²) in [6.07, 6.45) is 0.364. The van der Waals surface area contributed by atoms with Crippen molar-refractivity contribution >= 4 is 17.5 Å². The molecule has 6 heteroatoms. The monoisotopic (exact) mass is 282 g/mol. The van der Waals surface area contributed by atoms with Gasteiger partial charge in [-0.1, -0.05) is 13.0 Å². The number of carbonyl (C=O) groups is 2. The number of benzene rings is 1. The Bertz CT molecular complexity index is 575. The predicted molar refractivity (Wildman–Crippen MR) is 70.3 cm³/mol. The quantitative estimate of drug-likeness (QED) is 0.900. The van der Waals surface area contributed by atoms with Crippen LogP contribution < -0.4 is 10.2 Å². The van der Waals surface area contributed by atoms with Gasteiger partial charge in [0.2, 0.25) is 11.8 Å². The molecule has 1 heterocycles. The van der Waals surface area contributed by atoms with Crippen LogP contribution in [-0.2, 0) is 9.59 Å². The van der Waals surface area contributed by atoms with Crippen molar-refractivity contribution in [2.24, 2.45) is 0 Å². The molecule has 1 aromatic carbocycles. The molecule has 108 valence electrons. The van der Waals surface area contributed by atoms with Crippen LogP contribution in [0.2, 0.25) is 0 Å². The maximum atomic E-state index is 14.2. The van der Waals surface area contributed by atoms with E-state index in [1.165, 1.54) is 19.9 Å². The van der Waals surface area contributed by atoms with Crippen molar-refractivity contribution in [1.29, 1.82) is 0 Å². The smallest absolute Gasteiger partial charge is 0.250 e. The van der Waals surface area contributed by atoms with E-state index in [0.717, 1.165) is 11.0 Å². The summed E-state index contributed by atoms with van der Waals surface area (Å²) in [6, 6.07) is 0.695. The van der Waals surface area contributed by atoms with Crippen molar-refractivity contribution in [3.05, 3.63) is 29.3 Å². The molecule has 0 aromatic heterocycles. The second-order valence-corrected chi connectivity index (χ2v) is 4.88. The molecule has 1 fully saturated rings. The van der Waals surface area contributed by atoms with Gasteiger partial charge in [0, 0.05) is 0 Å². The molecular formula is C14H16F2N2O2. The molecule has 1 aliphatic rings. The van der Waals surface area contributed by atoms with E-state index in [-0.39, 0.29) is 5.56 Å². The zero-order valence-corrected chi connectivity index (χ0v) is 11.5. The average molecular weight is 282 g/mol. The van der Waals surface area contributed by atoms with Gasteiger partial charge in [0.25, 0.3) is 0 Å². The number of anilines is 1. The van der Waals surface area contributed by atoms with Crippen molar-refractivity contribution < 1.29 is 18.4 Å². The highest BCUT2D eigenvalue weighted by Crippen LogP contribution is 2.30. The van der Waals surface area contributed by atoms with Crippen LogP contribution >= 0.6 is 0 Å². The van der Waals surface area contributed by atoms with Gasteiger partial charge in [-0.25, -0.2) is 8.78 Å². The molecule has 0 saturated carbocycles. The minimum atomic E-state index is -0.948. The molecule has 2 rings (SSSR count). The molecule has 1 N–H and O–H groups in total. The molecule has 1 aliphatic heterocycles. The van der Waals surface area contributed by atoms with Crippen LogP contribution in [0.15, 0.2) is 12.1 Å². The van der Waals surface area contributed by atoms with E-state index in [0.29, 0.717) is 6.42 Å². The Balaban J connectivity index is 2.57. The normalized spacial score (nSPS) is 22.9. The summed E-state index contributed by atoms with van der Waals surface area (Å²) in [6.45, 7) is 4.65. The van der Waals surface area contributed by atoms with Gasteiger partial charge >= 0.3 is 0 Å². The van der Waals surface area contributed by atoms with E-state index in [2.05, 4.69) is 5.32 Å². The van der Waals surface area contributed by atoms with Crippen LogP contribution in [0.5, 0.6) is 0 Å². The molecular weight excluding hydrogens is 266 g/mol. The summed E-state index contributed by atoms with van der Waals surface area (Å²) in [5, 5.41) is 2.54. The Hall–Kier alpha value is -1.98. The van der Waals surface area contributed by atoms with Gasteiger partial charge in [-0.3, -0.25) is 14.5 Å². The van der Waals surface area contributed by atoms with Crippen LogP contribution in [0, 0.1) is 18.6 Å². The highest BCUT2D eigenvalue weighted by molar-refractivity contribution is 6.08. The number of hydrogen-bond acceptors (Lipinski definition) is 2. The van der Waals surface area contributed by atoms with E-state index in [1.807, 2.05) is 0 Å². The third-order valence-electron chi connectivity index (χ3n) is 3.53. The number of piperazine rings is 1. The van der Waals surface area contributed by atoms with E-state index in [9.17, 15) is 18.4 Å². The Kier molecular flexibility index (Phi) is 3.74. The third-order valence-corrected chi connectivity index (χ3v) is 3.53. The Morgan fingerprint density at radius 2 is 1.95 bits per heavy atom. The topological polar surface area (TPSA) is 49.4 Å². The van der Waals surface area contributed by atoms with E-state index in [4.69, 9.17) is 0 Å². The molecule has 0 bridgehead atoms. The summed E-state index contributed by atoms with van der Waals surface area (Å²) < 4.78 is 28.1. The largest absolute Gasteiger partial charge is 0.343 e. The molecule has 0 radical (unpaired) electrons. The number of amides is 2. The lowest BCUT2D eigenvalue weighted by atomic mass is 10.0. The highest BCUT2D eigenvalue weighted by atomic mass is 19.1. The molecule has 2 amide bonds. The van der Waals surface area contributed by atoms with E-state index >= 15 is 0 Å². The lowest BCUT2D eigenvalue weighted by Gasteiger charge is -2.37. The third kappa shape index (κ3) is 2.15. The van der Waals surface area contributed by atoms with Gasteiger partial charge in [-0.05, 0) is 31.9 Å². The summed E-state index contributed by atoms with van der Waals surface area (Å²) in [5.74, 6) is -2.58. The second kappa shape index (κ2) is 5.19. The molecule has 2 unspecified atom stereocenters. The predicted octanol–water partition coefficient (Wildman–Crippen LogP) is 1.90. The van der Waals surface area contributed by atoms with Crippen LogP contribution in [0.3, 0.4) is 0 Å². The fraction of sp³-hybridized carbons (Fsp3) is 0.429. The van der Waals surface area contributed by atoms with Gasteiger partial charge < -0.3 is 5.32 Å². The molecule has 2 atom stereocenters. The Labute approximate surface area is 115 Å². The van der Waals surface area contributed by atoms with Gasteiger partial charge in [0.1, 0.15) is 23.6 Å². The molecule has 20 heavy (non-hydrogen) atoms. The first-order chi connectivity index (χ1) is 9.38. The maximum absolute atomic E-state index is 14.2. The average Bonchev–Trinajstić information content (AvgIpc) is 2.42. The number of halogens is 2. The number of nitrogens with zero attached hydrogens (tertiary/aromatic N) is 1. The van der Waals surface area contributed by atoms with Gasteiger partial charge in [0.15, 0.2) is 5.82 Å². The molecule has 1 aromatic rings. The summed E-state index contributed by atoms with van der Waals surface area (Å²) in [7, 11) is 0. The summed E-state index contributed by atoms with van der Waals surface area (Å²) in [4.78, 5) is 25.1. The Morgan fingerprint density at radius 1 is 1.30 bits per heavy atom. The first-order valence-electron chi connectivity index (χ1n) is 6.46. The van der Waals surface area contributed by atoms with E-state index in [1.54, 1.807) is 6.92 Å². The van der Waals surface area contributed by atoms with Crippen LogP contribution in [-0.4, -0.2) is 23.9 Å². The summed E-state index contributed by atoms with van der Waals surface area (Å²) in [5.41, 5.74) is -0.226. The first kappa shape index (κ1) is 14.4. The number of aryl methyl sites for hydroxylation is 1. The highest BCUT2D eigenvalue weighted by Gasteiger charge is 2.40. The van der Waals surface area contributed by atoms with Crippen LogP contribution in [0.25, 0.3) is 0 Å². The fourth-order valence-electron chi connectivity index (χ4n) is 2.27. The number of nitrogens with one attached hydrogen (secondary N) is 1. The van der Waals surface area contributed by atoms with Crippen LogP contribution in [0.4, 0.5) is 14.5 Å². The van der Waals surface area contributed by atoms with Crippen molar-refractivity contribution in [1.82, 2.24) is 5.32 Å². The molecule has 4 nitrogen and oxygen atoms in total. The van der Waals surface area contributed by atoms with Crippen molar-refractivity contribution in [3.63, 3.8) is 0 Å². The van der Waals surface area contributed by atoms with Gasteiger partial charge in [0.05, 0.1) is 0 Å². The van der Waals surface area contributed by atoms with Crippen molar-refractivity contribution in [2.45, 2.75) is 39.3 Å². The molecule has 1 saturated heterocycles. The van der Waals surface area contributed by atoms with E-state index < -0.39 is 41.2 Å². The lowest BCUT2D eigenvalue weighted by Crippen LogP contribution is -2.62.